The predicted octanol–water partition coefficient (Wildman–Crippen LogP) is 2.66. The topological polar surface area (TPSA) is 24.5 Å². The largest absolute Gasteiger partial charge is 0.497 e. The van der Waals surface area contributed by atoms with E-state index in [1.54, 1.807) is 7.11 Å². The zero-order valence-electron chi connectivity index (χ0n) is 12.9. The Hall–Kier alpha value is -1.06. The third-order valence-corrected chi connectivity index (χ3v) is 4.77. The molecule has 1 unspecified atom stereocenters. The molecule has 1 atom stereocenters. The predicted molar refractivity (Wildman–Crippen MR) is 82.0 cm³/mol. The molecule has 3 heteroatoms. The minimum absolute atomic E-state index is 0.217. The molecule has 2 fully saturated rings. The maximum Gasteiger partial charge on any atom is 0.119 e. The summed E-state index contributed by atoms with van der Waals surface area (Å²) in [6.45, 7) is 7.93. The molecule has 2 aliphatic rings. The summed E-state index contributed by atoms with van der Waals surface area (Å²) in [6.07, 6.45) is 2.82. The van der Waals surface area contributed by atoms with Crippen LogP contribution in [0.3, 0.4) is 0 Å². The van der Waals surface area contributed by atoms with Crippen LogP contribution in [0.1, 0.15) is 32.3 Å². The van der Waals surface area contributed by atoms with Crippen molar-refractivity contribution in [1.82, 2.24) is 10.2 Å². The molecule has 0 radical (unpaired) electrons. The van der Waals surface area contributed by atoms with Crippen molar-refractivity contribution in [2.24, 2.45) is 5.92 Å². The van der Waals surface area contributed by atoms with Crippen LogP contribution < -0.4 is 10.1 Å². The fourth-order valence-corrected chi connectivity index (χ4v) is 3.13. The second-order valence-corrected chi connectivity index (χ2v) is 6.87. The zero-order valence-corrected chi connectivity index (χ0v) is 12.9. The number of hydrogen-bond donors (Lipinski definition) is 1. The molecule has 3 rings (SSSR count). The van der Waals surface area contributed by atoms with Gasteiger partial charge >= 0.3 is 0 Å². The number of ether oxygens (including phenoxy) is 1. The van der Waals surface area contributed by atoms with E-state index < -0.39 is 0 Å². The molecule has 0 amide bonds. The average molecular weight is 274 g/mol. The van der Waals surface area contributed by atoms with E-state index in [0.717, 1.165) is 31.3 Å². The number of piperazine rings is 1. The highest BCUT2D eigenvalue weighted by Crippen LogP contribution is 2.36. The number of methoxy groups -OCH3 is 1. The summed E-state index contributed by atoms with van der Waals surface area (Å²) < 4.78 is 5.33. The number of nitrogens with one attached hydrogen (secondary N) is 1. The van der Waals surface area contributed by atoms with Gasteiger partial charge in [0.1, 0.15) is 5.75 Å². The lowest BCUT2D eigenvalue weighted by molar-refractivity contribution is 0.0533. The minimum Gasteiger partial charge on any atom is -0.497 e. The van der Waals surface area contributed by atoms with Crippen molar-refractivity contribution in [3.8, 4) is 5.75 Å². The molecule has 0 spiro atoms. The summed E-state index contributed by atoms with van der Waals surface area (Å²) in [5.41, 5.74) is 1.56. The minimum atomic E-state index is 0.217. The van der Waals surface area contributed by atoms with Gasteiger partial charge in [-0.05, 0) is 50.3 Å². The highest BCUT2D eigenvalue weighted by Gasteiger charge is 2.40. The van der Waals surface area contributed by atoms with E-state index in [2.05, 4.69) is 42.3 Å². The van der Waals surface area contributed by atoms with E-state index in [4.69, 9.17) is 4.74 Å². The van der Waals surface area contributed by atoms with Crippen LogP contribution in [0.2, 0.25) is 0 Å². The fraction of sp³-hybridized carbons (Fsp3) is 0.647. The molecular weight excluding hydrogens is 248 g/mol. The third kappa shape index (κ3) is 2.99. The van der Waals surface area contributed by atoms with Gasteiger partial charge in [-0.2, -0.15) is 0 Å². The molecule has 3 nitrogen and oxygen atoms in total. The molecule has 1 N–H and O–H groups in total. The van der Waals surface area contributed by atoms with Crippen LogP contribution in [0.4, 0.5) is 0 Å². The lowest BCUT2D eigenvalue weighted by Gasteiger charge is -2.46. The van der Waals surface area contributed by atoms with Gasteiger partial charge in [0, 0.05) is 31.2 Å². The Morgan fingerprint density at radius 1 is 1.35 bits per heavy atom. The van der Waals surface area contributed by atoms with Gasteiger partial charge in [-0.25, -0.2) is 0 Å². The summed E-state index contributed by atoms with van der Waals surface area (Å²) in [4.78, 5) is 2.63. The second-order valence-electron chi connectivity index (χ2n) is 6.87. The monoisotopic (exact) mass is 274 g/mol. The van der Waals surface area contributed by atoms with Gasteiger partial charge in [-0.1, -0.05) is 12.1 Å². The van der Waals surface area contributed by atoms with Crippen molar-refractivity contribution in [3.05, 3.63) is 29.8 Å². The van der Waals surface area contributed by atoms with Gasteiger partial charge in [0.2, 0.25) is 0 Å². The molecule has 1 heterocycles. The summed E-state index contributed by atoms with van der Waals surface area (Å²) in [6, 6.07) is 9.15. The highest BCUT2D eigenvalue weighted by atomic mass is 16.5. The molecule has 0 bridgehead atoms. The normalized spacial score (nSPS) is 26.4. The highest BCUT2D eigenvalue weighted by molar-refractivity contribution is 5.28. The molecule has 1 aliphatic carbocycles. The van der Waals surface area contributed by atoms with E-state index in [1.165, 1.54) is 18.4 Å². The Kier molecular flexibility index (Phi) is 3.74. The molecular formula is C17H26N2O. The first-order valence-electron chi connectivity index (χ1n) is 7.70. The Bertz CT molecular complexity index is 468. The second kappa shape index (κ2) is 5.38. The van der Waals surface area contributed by atoms with Crippen molar-refractivity contribution >= 4 is 0 Å². The Balaban J connectivity index is 1.71. The Morgan fingerprint density at radius 2 is 2.15 bits per heavy atom. The number of hydrogen-bond acceptors (Lipinski definition) is 3. The van der Waals surface area contributed by atoms with Gasteiger partial charge in [0.15, 0.2) is 0 Å². The van der Waals surface area contributed by atoms with E-state index in [9.17, 15) is 0 Å². The van der Waals surface area contributed by atoms with E-state index in [0.29, 0.717) is 6.04 Å². The first kappa shape index (κ1) is 13.9. The third-order valence-electron chi connectivity index (χ3n) is 4.77. The Labute approximate surface area is 122 Å². The molecule has 1 saturated heterocycles. The molecule has 0 aromatic heterocycles. The van der Waals surface area contributed by atoms with Crippen molar-refractivity contribution in [2.45, 2.75) is 44.8 Å². The van der Waals surface area contributed by atoms with Gasteiger partial charge < -0.3 is 10.1 Å². The van der Waals surface area contributed by atoms with Crippen molar-refractivity contribution < 1.29 is 4.74 Å². The number of rotatable bonds is 4. The van der Waals surface area contributed by atoms with Gasteiger partial charge in [0.05, 0.1) is 7.11 Å². The summed E-state index contributed by atoms with van der Waals surface area (Å²) >= 11 is 0. The van der Waals surface area contributed by atoms with E-state index in [1.807, 2.05) is 6.07 Å². The van der Waals surface area contributed by atoms with E-state index in [-0.39, 0.29) is 5.54 Å². The molecule has 1 aromatic carbocycles. The summed E-state index contributed by atoms with van der Waals surface area (Å²) in [5.74, 6) is 1.87. The van der Waals surface area contributed by atoms with Crippen LogP contribution in [0.25, 0.3) is 0 Å². The summed E-state index contributed by atoms with van der Waals surface area (Å²) in [7, 11) is 1.73. The number of benzene rings is 1. The lowest BCUT2D eigenvalue weighted by atomic mass is 9.95. The average Bonchev–Trinajstić information content (AvgIpc) is 3.26. The summed E-state index contributed by atoms with van der Waals surface area (Å²) in [5, 5.41) is 3.74. The Morgan fingerprint density at radius 3 is 2.85 bits per heavy atom. The van der Waals surface area contributed by atoms with Crippen LogP contribution in [0.15, 0.2) is 24.3 Å². The molecule has 1 saturated carbocycles. The van der Waals surface area contributed by atoms with Crippen LogP contribution in [-0.2, 0) is 6.54 Å². The molecule has 20 heavy (non-hydrogen) atoms. The van der Waals surface area contributed by atoms with Crippen molar-refractivity contribution in [2.75, 3.05) is 20.2 Å². The van der Waals surface area contributed by atoms with Crippen LogP contribution in [-0.4, -0.2) is 36.7 Å². The molecule has 1 aliphatic heterocycles. The van der Waals surface area contributed by atoms with Gasteiger partial charge in [0.25, 0.3) is 0 Å². The van der Waals surface area contributed by atoms with E-state index >= 15 is 0 Å². The van der Waals surface area contributed by atoms with Gasteiger partial charge in [-0.15, -0.1) is 0 Å². The van der Waals surface area contributed by atoms with Gasteiger partial charge in [-0.3, -0.25) is 4.90 Å². The lowest BCUT2D eigenvalue weighted by Crippen LogP contribution is -2.62. The maximum atomic E-state index is 5.33. The smallest absolute Gasteiger partial charge is 0.119 e. The molecule has 110 valence electrons. The SMILES string of the molecule is COc1cccc(CN2CC(C3CC3)NCC2(C)C)c1. The van der Waals surface area contributed by atoms with Crippen LogP contribution in [0.5, 0.6) is 5.75 Å². The van der Waals surface area contributed by atoms with Crippen LogP contribution in [0, 0.1) is 5.92 Å². The first-order valence-corrected chi connectivity index (χ1v) is 7.70. The number of nitrogens with zero attached hydrogens (tertiary/aromatic N) is 1. The quantitative estimate of drug-likeness (QED) is 0.913. The maximum absolute atomic E-state index is 5.33. The fourth-order valence-electron chi connectivity index (χ4n) is 3.13. The van der Waals surface area contributed by atoms with Crippen molar-refractivity contribution in [1.29, 1.82) is 0 Å². The van der Waals surface area contributed by atoms with Crippen LogP contribution >= 0.6 is 0 Å². The zero-order chi connectivity index (χ0) is 14.2. The van der Waals surface area contributed by atoms with Crippen molar-refractivity contribution in [3.63, 3.8) is 0 Å². The first-order chi connectivity index (χ1) is 9.58. The standard InChI is InChI=1S/C17H26N2O/c1-17(2)12-18-16(14-7-8-14)11-19(17)10-13-5-4-6-15(9-13)20-3/h4-6,9,14,16,18H,7-8,10-12H2,1-3H3. The molecule has 1 aromatic rings.